The molecule has 1 atom stereocenters. The van der Waals surface area contributed by atoms with Gasteiger partial charge in [0.2, 0.25) is 5.91 Å². The number of nitro benzene ring substituents is 1. The van der Waals surface area contributed by atoms with Crippen LogP contribution in [-0.4, -0.2) is 71.7 Å². The molecule has 0 aromatic heterocycles. The van der Waals surface area contributed by atoms with Crippen LogP contribution in [0, 0.1) is 10.1 Å². The molecule has 0 radical (unpaired) electrons. The Morgan fingerprint density at radius 1 is 1.24 bits per heavy atom. The molecule has 0 bridgehead atoms. The lowest BCUT2D eigenvalue weighted by Crippen LogP contribution is -2.49. The molecule has 0 saturated carbocycles. The molecule has 1 aromatic carbocycles. The highest BCUT2D eigenvalue weighted by atomic mass is 35.5. The number of nitrogens with zero attached hydrogens (tertiary/aromatic N) is 3. The third-order valence-electron chi connectivity index (χ3n) is 4.59. The lowest BCUT2D eigenvalue weighted by Gasteiger charge is -2.32. The molecule has 9 heteroatoms. The van der Waals surface area contributed by atoms with E-state index in [9.17, 15) is 14.9 Å². The summed E-state index contributed by atoms with van der Waals surface area (Å²) in [6.45, 7) is 5.82. The monoisotopic (exact) mass is 386 g/mol. The van der Waals surface area contributed by atoms with Crippen LogP contribution in [0.15, 0.2) is 29.2 Å². The number of nitrogens with one attached hydrogen (secondary N) is 1. The molecule has 2 saturated heterocycles. The average Bonchev–Trinajstić information content (AvgIpc) is 3.11. The van der Waals surface area contributed by atoms with Crippen LogP contribution < -0.4 is 5.32 Å². The van der Waals surface area contributed by atoms with Gasteiger partial charge in [-0.15, -0.1) is 24.2 Å². The van der Waals surface area contributed by atoms with Crippen LogP contribution in [0.4, 0.5) is 5.69 Å². The number of thioether (sulfide) groups is 1. The molecule has 0 aliphatic carbocycles. The first-order chi connectivity index (χ1) is 11.6. The summed E-state index contributed by atoms with van der Waals surface area (Å²) in [7, 11) is 0. The molecule has 1 unspecified atom stereocenters. The fourth-order valence-corrected chi connectivity index (χ4v) is 4.02. The van der Waals surface area contributed by atoms with Crippen molar-refractivity contribution in [3.8, 4) is 0 Å². The molecule has 0 spiro atoms. The van der Waals surface area contributed by atoms with Crippen LogP contribution in [0.2, 0.25) is 0 Å². The largest absolute Gasteiger partial charge is 0.340 e. The third-order valence-corrected chi connectivity index (χ3v) is 5.59. The molecule has 1 aromatic rings. The molecule has 2 aliphatic heterocycles. The number of carbonyl (C=O) groups excluding carboxylic acids is 1. The Morgan fingerprint density at radius 3 is 2.56 bits per heavy atom. The Labute approximate surface area is 157 Å². The van der Waals surface area contributed by atoms with Crippen molar-refractivity contribution >= 4 is 35.8 Å². The molecule has 138 valence electrons. The molecule has 7 nitrogen and oxygen atoms in total. The number of non-ortho nitro benzene ring substituents is 1. The normalized spacial score (nSPS) is 21.0. The molecule has 2 fully saturated rings. The fourth-order valence-electron chi connectivity index (χ4n) is 3.21. The van der Waals surface area contributed by atoms with E-state index in [1.165, 1.54) is 23.9 Å². The van der Waals surface area contributed by atoms with Gasteiger partial charge in [0.15, 0.2) is 0 Å². The maximum atomic E-state index is 12.4. The highest BCUT2D eigenvalue weighted by Gasteiger charge is 2.30. The van der Waals surface area contributed by atoms with E-state index in [0.29, 0.717) is 11.8 Å². The minimum absolute atomic E-state index is 0. The maximum Gasteiger partial charge on any atom is 0.269 e. The van der Waals surface area contributed by atoms with Gasteiger partial charge in [0, 0.05) is 62.3 Å². The van der Waals surface area contributed by atoms with Crippen molar-refractivity contribution in [1.29, 1.82) is 0 Å². The second-order valence-electron chi connectivity index (χ2n) is 6.11. The number of piperazine rings is 1. The van der Waals surface area contributed by atoms with Gasteiger partial charge < -0.3 is 10.2 Å². The molecule has 1 N–H and O–H groups in total. The van der Waals surface area contributed by atoms with Crippen LogP contribution in [-0.2, 0) is 4.79 Å². The summed E-state index contributed by atoms with van der Waals surface area (Å²) in [5.41, 5.74) is 0.0732. The van der Waals surface area contributed by atoms with Gasteiger partial charge in [-0.05, 0) is 18.6 Å². The van der Waals surface area contributed by atoms with Crippen LogP contribution in [0.25, 0.3) is 0 Å². The third kappa shape index (κ3) is 5.31. The van der Waals surface area contributed by atoms with Crippen molar-refractivity contribution in [1.82, 2.24) is 15.1 Å². The van der Waals surface area contributed by atoms with Crippen molar-refractivity contribution in [2.45, 2.75) is 17.4 Å². The summed E-state index contributed by atoms with van der Waals surface area (Å²) in [5.74, 6) is 0.530. The summed E-state index contributed by atoms with van der Waals surface area (Å²) in [6, 6.07) is 6.83. The number of hydrogen-bond donors (Lipinski definition) is 1. The number of nitro groups is 1. The van der Waals surface area contributed by atoms with Crippen molar-refractivity contribution in [3.63, 3.8) is 0 Å². The van der Waals surface area contributed by atoms with E-state index in [1.807, 2.05) is 4.90 Å². The van der Waals surface area contributed by atoms with E-state index in [-0.39, 0.29) is 24.0 Å². The van der Waals surface area contributed by atoms with Gasteiger partial charge in [0.1, 0.15) is 0 Å². The zero-order chi connectivity index (χ0) is 16.9. The summed E-state index contributed by atoms with van der Waals surface area (Å²) in [4.78, 5) is 27.9. The van der Waals surface area contributed by atoms with E-state index >= 15 is 0 Å². The first-order valence-corrected chi connectivity index (χ1v) is 9.22. The zero-order valence-corrected chi connectivity index (χ0v) is 15.6. The van der Waals surface area contributed by atoms with E-state index in [4.69, 9.17) is 0 Å². The minimum atomic E-state index is -0.417. The number of rotatable bonds is 5. The van der Waals surface area contributed by atoms with Crippen LogP contribution in [0.5, 0.6) is 0 Å². The standard InChI is InChI=1S/C16H22N4O3S.ClH/c21-16(12-24-15-3-1-13(2-4-15)20(22)23)19-8-5-14(11-19)18-9-6-17-7-10-18;/h1-4,14,17H,5-12H2;1H. The molecular weight excluding hydrogens is 364 g/mol. The maximum absolute atomic E-state index is 12.4. The fraction of sp³-hybridized carbons (Fsp3) is 0.562. The summed E-state index contributed by atoms with van der Waals surface area (Å²) in [6.07, 6.45) is 1.05. The molecule has 3 rings (SSSR count). The topological polar surface area (TPSA) is 78.7 Å². The predicted molar refractivity (Wildman–Crippen MR) is 100 cm³/mol. The van der Waals surface area contributed by atoms with E-state index in [0.717, 1.165) is 50.6 Å². The van der Waals surface area contributed by atoms with Gasteiger partial charge in [0.25, 0.3) is 5.69 Å². The van der Waals surface area contributed by atoms with Gasteiger partial charge in [0.05, 0.1) is 10.7 Å². The van der Waals surface area contributed by atoms with Crippen LogP contribution >= 0.6 is 24.2 Å². The number of carbonyl (C=O) groups is 1. The summed E-state index contributed by atoms with van der Waals surface area (Å²) < 4.78 is 0. The van der Waals surface area contributed by atoms with Gasteiger partial charge in [-0.3, -0.25) is 19.8 Å². The average molecular weight is 387 g/mol. The second-order valence-corrected chi connectivity index (χ2v) is 7.16. The zero-order valence-electron chi connectivity index (χ0n) is 13.9. The van der Waals surface area contributed by atoms with Gasteiger partial charge in [-0.2, -0.15) is 0 Å². The summed E-state index contributed by atoms with van der Waals surface area (Å²) >= 11 is 1.44. The Kier molecular flexibility index (Phi) is 7.49. The smallest absolute Gasteiger partial charge is 0.269 e. The molecular formula is C16H23ClN4O3S. The summed E-state index contributed by atoms with van der Waals surface area (Å²) in [5, 5.41) is 14.0. The van der Waals surface area contributed by atoms with Crippen molar-refractivity contribution in [3.05, 3.63) is 34.4 Å². The second kappa shape index (κ2) is 9.38. The number of benzene rings is 1. The minimum Gasteiger partial charge on any atom is -0.340 e. The number of hydrogen-bond acceptors (Lipinski definition) is 6. The molecule has 2 heterocycles. The first kappa shape index (κ1) is 20.0. The van der Waals surface area contributed by atoms with Gasteiger partial charge >= 0.3 is 0 Å². The van der Waals surface area contributed by atoms with Crippen molar-refractivity contribution in [2.24, 2.45) is 0 Å². The van der Waals surface area contributed by atoms with E-state index < -0.39 is 4.92 Å². The Morgan fingerprint density at radius 2 is 1.92 bits per heavy atom. The first-order valence-electron chi connectivity index (χ1n) is 8.23. The van der Waals surface area contributed by atoms with Crippen molar-refractivity contribution < 1.29 is 9.72 Å². The number of halogens is 1. The lowest BCUT2D eigenvalue weighted by molar-refractivity contribution is -0.384. The highest BCUT2D eigenvalue weighted by molar-refractivity contribution is 8.00. The van der Waals surface area contributed by atoms with Crippen LogP contribution in [0.3, 0.4) is 0 Å². The van der Waals surface area contributed by atoms with E-state index in [2.05, 4.69) is 10.2 Å². The van der Waals surface area contributed by atoms with Crippen LogP contribution in [0.1, 0.15) is 6.42 Å². The molecule has 1 amide bonds. The number of likely N-dealkylation sites (tertiary alicyclic amines) is 1. The Hall–Kier alpha value is -1.35. The molecule has 2 aliphatic rings. The predicted octanol–water partition coefficient (Wildman–Crippen LogP) is 1.61. The van der Waals surface area contributed by atoms with Gasteiger partial charge in [-0.1, -0.05) is 0 Å². The Balaban J connectivity index is 0.00000225. The number of amides is 1. The Bertz CT molecular complexity index is 596. The molecule has 25 heavy (non-hydrogen) atoms. The highest BCUT2D eigenvalue weighted by Crippen LogP contribution is 2.23. The lowest BCUT2D eigenvalue weighted by atomic mass is 10.2. The quantitative estimate of drug-likeness (QED) is 0.470. The van der Waals surface area contributed by atoms with Crippen molar-refractivity contribution in [2.75, 3.05) is 45.0 Å². The van der Waals surface area contributed by atoms with E-state index in [1.54, 1.807) is 12.1 Å². The van der Waals surface area contributed by atoms with Gasteiger partial charge in [-0.25, -0.2) is 0 Å². The SMILES string of the molecule is Cl.O=C(CSc1ccc([N+](=O)[O-])cc1)N1CCC(N2CCNCC2)C1.